The van der Waals surface area contributed by atoms with Crippen LogP contribution in [0.3, 0.4) is 0 Å². The lowest BCUT2D eigenvalue weighted by Gasteiger charge is -2.17. The fourth-order valence-corrected chi connectivity index (χ4v) is 1.96. The van der Waals surface area contributed by atoms with E-state index in [4.69, 9.17) is 11.6 Å². The highest BCUT2D eigenvalue weighted by Gasteiger charge is 2.22. The summed E-state index contributed by atoms with van der Waals surface area (Å²) in [4.78, 5) is 11.2. The van der Waals surface area contributed by atoms with Gasteiger partial charge in [-0.2, -0.15) is 5.10 Å². The van der Waals surface area contributed by atoms with Crippen LogP contribution in [0.15, 0.2) is 6.07 Å². The van der Waals surface area contributed by atoms with E-state index >= 15 is 0 Å². The Labute approximate surface area is 86.8 Å². The number of alkyl halides is 1. The van der Waals surface area contributed by atoms with Gasteiger partial charge in [-0.15, -0.1) is 11.6 Å². The zero-order chi connectivity index (χ0) is 10.1. The summed E-state index contributed by atoms with van der Waals surface area (Å²) in [5.74, 6) is -0.407. The zero-order valence-electron chi connectivity index (χ0n) is 7.86. The second-order valence-corrected chi connectivity index (χ2v) is 3.81. The van der Waals surface area contributed by atoms with Crippen LogP contribution in [0.25, 0.3) is 0 Å². The second kappa shape index (κ2) is 3.61. The minimum absolute atomic E-state index is 0.0327. The van der Waals surface area contributed by atoms with Crippen LogP contribution in [-0.4, -0.2) is 22.9 Å². The molecule has 14 heavy (non-hydrogen) atoms. The van der Waals surface area contributed by atoms with Gasteiger partial charge < -0.3 is 4.74 Å². The molecule has 1 unspecified atom stereocenters. The van der Waals surface area contributed by atoms with E-state index in [1.165, 1.54) is 7.11 Å². The Bertz CT molecular complexity index is 362. The number of aryl methyl sites for hydroxylation is 1. The van der Waals surface area contributed by atoms with E-state index < -0.39 is 5.97 Å². The Kier molecular flexibility index (Phi) is 2.46. The van der Waals surface area contributed by atoms with Gasteiger partial charge in [-0.1, -0.05) is 0 Å². The number of esters is 1. The maximum atomic E-state index is 11.2. The molecule has 0 saturated carbocycles. The lowest BCUT2D eigenvalue weighted by Crippen LogP contribution is -2.13. The molecule has 4 nitrogen and oxygen atoms in total. The molecular formula is C9H11ClN2O2. The van der Waals surface area contributed by atoms with Crippen LogP contribution in [0, 0.1) is 0 Å². The highest BCUT2D eigenvalue weighted by molar-refractivity contribution is 6.20. The molecule has 1 aromatic heterocycles. The van der Waals surface area contributed by atoms with Gasteiger partial charge in [0.15, 0.2) is 5.69 Å². The van der Waals surface area contributed by atoms with Gasteiger partial charge in [0.05, 0.1) is 18.2 Å². The third-order valence-electron chi connectivity index (χ3n) is 2.35. The molecule has 0 bridgehead atoms. The summed E-state index contributed by atoms with van der Waals surface area (Å²) in [5.41, 5.74) is 1.26. The molecule has 0 saturated heterocycles. The third-order valence-corrected chi connectivity index (χ3v) is 2.80. The van der Waals surface area contributed by atoms with Gasteiger partial charge in [0.25, 0.3) is 0 Å². The van der Waals surface area contributed by atoms with Gasteiger partial charge in [0.1, 0.15) is 0 Å². The van der Waals surface area contributed by atoms with E-state index in [0.717, 1.165) is 25.1 Å². The van der Waals surface area contributed by atoms with Crippen LogP contribution >= 0.6 is 11.6 Å². The molecule has 1 aliphatic heterocycles. The molecule has 0 fully saturated rings. The molecule has 0 aliphatic carbocycles. The number of rotatable bonds is 1. The Hall–Kier alpha value is -1.03. The first kappa shape index (κ1) is 9.52. The largest absolute Gasteiger partial charge is 0.464 e. The molecule has 1 atom stereocenters. The number of aromatic nitrogens is 2. The first-order valence-electron chi connectivity index (χ1n) is 4.52. The van der Waals surface area contributed by atoms with E-state index in [9.17, 15) is 4.79 Å². The molecular weight excluding hydrogens is 204 g/mol. The number of carbonyl (C=O) groups excluding carboxylic acids is 1. The average Bonchev–Trinajstić information content (AvgIpc) is 2.62. The summed E-state index contributed by atoms with van der Waals surface area (Å²) in [6, 6.07) is 1.71. The molecule has 0 radical (unpaired) electrons. The van der Waals surface area contributed by atoms with Crippen molar-refractivity contribution in [1.82, 2.24) is 9.78 Å². The first-order valence-corrected chi connectivity index (χ1v) is 4.96. The van der Waals surface area contributed by atoms with Crippen molar-refractivity contribution in [2.75, 3.05) is 7.11 Å². The minimum Gasteiger partial charge on any atom is -0.464 e. The van der Waals surface area contributed by atoms with E-state index in [1.54, 1.807) is 10.7 Å². The fourth-order valence-electron chi connectivity index (χ4n) is 1.63. The SMILES string of the molecule is COC(=O)c1cc2n(n1)CCCC2Cl. The summed E-state index contributed by atoms with van der Waals surface area (Å²) in [6.45, 7) is 0.829. The van der Waals surface area contributed by atoms with Crippen LogP contribution in [0.5, 0.6) is 0 Å². The molecule has 0 N–H and O–H groups in total. The van der Waals surface area contributed by atoms with Gasteiger partial charge in [-0.3, -0.25) is 4.68 Å². The maximum Gasteiger partial charge on any atom is 0.358 e. The molecule has 1 aromatic rings. The molecule has 0 aromatic carbocycles. The number of hydrogen-bond donors (Lipinski definition) is 0. The number of methoxy groups -OCH3 is 1. The minimum atomic E-state index is -0.407. The maximum absolute atomic E-state index is 11.2. The highest BCUT2D eigenvalue weighted by atomic mass is 35.5. The average molecular weight is 215 g/mol. The quantitative estimate of drug-likeness (QED) is 0.529. The lowest BCUT2D eigenvalue weighted by atomic mass is 10.1. The number of nitrogens with zero attached hydrogens (tertiary/aromatic N) is 2. The van der Waals surface area contributed by atoms with Crippen molar-refractivity contribution in [3.8, 4) is 0 Å². The van der Waals surface area contributed by atoms with Crippen LogP contribution < -0.4 is 0 Å². The number of fused-ring (bicyclic) bond motifs is 1. The Balaban J connectivity index is 2.35. The summed E-state index contributed by atoms with van der Waals surface area (Å²) in [6.07, 6.45) is 1.94. The standard InChI is InChI=1S/C9H11ClN2O2/c1-14-9(13)7-5-8-6(10)3-2-4-12(8)11-7/h5-6H,2-4H2,1H3. The van der Waals surface area contributed by atoms with Crippen molar-refractivity contribution in [2.45, 2.75) is 24.8 Å². The van der Waals surface area contributed by atoms with Gasteiger partial charge in [0.2, 0.25) is 0 Å². The molecule has 1 aliphatic rings. The van der Waals surface area contributed by atoms with Crippen molar-refractivity contribution >= 4 is 17.6 Å². The van der Waals surface area contributed by atoms with Crippen molar-refractivity contribution < 1.29 is 9.53 Å². The van der Waals surface area contributed by atoms with Crippen molar-refractivity contribution in [3.05, 3.63) is 17.5 Å². The first-order chi connectivity index (χ1) is 6.72. The Morgan fingerprint density at radius 1 is 1.79 bits per heavy atom. The zero-order valence-corrected chi connectivity index (χ0v) is 8.62. The molecule has 76 valence electrons. The Morgan fingerprint density at radius 2 is 2.57 bits per heavy atom. The molecule has 5 heteroatoms. The fraction of sp³-hybridized carbons (Fsp3) is 0.556. The molecule has 0 spiro atoms. The summed E-state index contributed by atoms with van der Waals surface area (Å²) in [7, 11) is 1.35. The highest BCUT2D eigenvalue weighted by Crippen LogP contribution is 2.30. The normalized spacial score (nSPS) is 20.3. The smallest absolute Gasteiger partial charge is 0.358 e. The predicted molar refractivity (Wildman–Crippen MR) is 51.4 cm³/mol. The van der Waals surface area contributed by atoms with Crippen LogP contribution in [-0.2, 0) is 11.3 Å². The monoisotopic (exact) mass is 214 g/mol. The van der Waals surface area contributed by atoms with Crippen molar-refractivity contribution in [1.29, 1.82) is 0 Å². The summed E-state index contributed by atoms with van der Waals surface area (Å²) < 4.78 is 6.38. The second-order valence-electron chi connectivity index (χ2n) is 3.28. The van der Waals surface area contributed by atoms with Gasteiger partial charge in [0, 0.05) is 6.54 Å². The molecule has 2 rings (SSSR count). The van der Waals surface area contributed by atoms with Gasteiger partial charge in [-0.25, -0.2) is 4.79 Å². The van der Waals surface area contributed by atoms with Gasteiger partial charge >= 0.3 is 5.97 Å². The van der Waals surface area contributed by atoms with E-state index in [-0.39, 0.29) is 5.38 Å². The molecule has 2 heterocycles. The number of ether oxygens (including phenoxy) is 1. The van der Waals surface area contributed by atoms with E-state index in [2.05, 4.69) is 9.84 Å². The van der Waals surface area contributed by atoms with Crippen LogP contribution in [0.1, 0.15) is 34.4 Å². The van der Waals surface area contributed by atoms with Crippen molar-refractivity contribution in [2.24, 2.45) is 0 Å². The van der Waals surface area contributed by atoms with Crippen LogP contribution in [0.4, 0.5) is 0 Å². The third kappa shape index (κ3) is 1.50. The summed E-state index contributed by atoms with van der Waals surface area (Å²) in [5, 5.41) is 4.10. The summed E-state index contributed by atoms with van der Waals surface area (Å²) >= 11 is 6.10. The number of halogens is 1. The lowest BCUT2D eigenvalue weighted by molar-refractivity contribution is 0.0593. The Morgan fingerprint density at radius 3 is 3.21 bits per heavy atom. The predicted octanol–water partition coefficient (Wildman–Crippen LogP) is 1.74. The van der Waals surface area contributed by atoms with E-state index in [1.807, 2.05) is 0 Å². The van der Waals surface area contributed by atoms with E-state index in [0.29, 0.717) is 5.69 Å². The van der Waals surface area contributed by atoms with Crippen molar-refractivity contribution in [3.63, 3.8) is 0 Å². The number of hydrogen-bond acceptors (Lipinski definition) is 3. The number of carbonyl (C=O) groups is 1. The topological polar surface area (TPSA) is 44.1 Å². The van der Waals surface area contributed by atoms with Gasteiger partial charge in [-0.05, 0) is 18.9 Å². The van der Waals surface area contributed by atoms with Crippen LogP contribution in [0.2, 0.25) is 0 Å². The molecule has 0 amide bonds.